The average Bonchev–Trinajstić information content (AvgIpc) is 2.89. The number of carbonyl (C=O) groups is 3. The Morgan fingerprint density at radius 1 is 1.03 bits per heavy atom. The van der Waals surface area contributed by atoms with Gasteiger partial charge in [0.1, 0.15) is 12.1 Å². The first-order valence-electron chi connectivity index (χ1n) is 14.4. The van der Waals surface area contributed by atoms with Crippen molar-refractivity contribution in [2.24, 2.45) is 35.5 Å². The number of hydrogen-bond donors (Lipinski definition) is 2. The van der Waals surface area contributed by atoms with Crippen molar-refractivity contribution in [3.8, 4) is 12.3 Å². The number of terminal acetylenes is 1. The molecule has 6 aliphatic rings. The minimum Gasteiger partial charge on any atom is -0.462 e. The van der Waals surface area contributed by atoms with Crippen molar-refractivity contribution in [1.29, 1.82) is 0 Å². The number of nitrogens with zero attached hydrogens (tertiary/aromatic N) is 1. The fraction of sp³-hybridized carbons (Fsp3) is 0.828. The third-order valence-corrected chi connectivity index (χ3v) is 9.67. The Morgan fingerprint density at radius 2 is 1.72 bits per heavy atom. The Bertz CT molecular complexity index is 833. The van der Waals surface area contributed by atoms with E-state index in [1.165, 1.54) is 32.1 Å². The van der Waals surface area contributed by atoms with Crippen molar-refractivity contribution in [2.45, 2.75) is 89.2 Å². The van der Waals surface area contributed by atoms with Gasteiger partial charge in [-0.3, -0.25) is 14.4 Å². The summed E-state index contributed by atoms with van der Waals surface area (Å²) in [4.78, 5) is 40.4. The van der Waals surface area contributed by atoms with Crippen molar-refractivity contribution in [1.82, 2.24) is 15.5 Å². The van der Waals surface area contributed by atoms with Gasteiger partial charge >= 0.3 is 5.97 Å². The van der Waals surface area contributed by atoms with E-state index in [0.717, 1.165) is 57.0 Å². The van der Waals surface area contributed by atoms with E-state index in [2.05, 4.69) is 16.6 Å². The Balaban J connectivity index is 1.06. The lowest BCUT2D eigenvalue weighted by Gasteiger charge is -2.53. The monoisotopic (exact) mass is 497 g/mol. The normalized spacial score (nSPS) is 34.6. The number of esters is 1. The summed E-state index contributed by atoms with van der Waals surface area (Å²) in [6, 6.07) is -0.673. The number of hydrogen-bond acceptors (Lipinski definition) is 5. The van der Waals surface area contributed by atoms with Gasteiger partial charge in [0, 0.05) is 19.5 Å². The summed E-state index contributed by atoms with van der Waals surface area (Å²) in [5.74, 6) is 5.27. The van der Waals surface area contributed by atoms with E-state index in [9.17, 15) is 14.4 Å². The van der Waals surface area contributed by atoms with Crippen LogP contribution < -0.4 is 10.6 Å². The summed E-state index contributed by atoms with van der Waals surface area (Å²) in [5.41, 5.74) is 0. The van der Waals surface area contributed by atoms with Gasteiger partial charge in [0.2, 0.25) is 11.8 Å². The van der Waals surface area contributed by atoms with Crippen LogP contribution in [0.25, 0.3) is 0 Å². The summed E-state index contributed by atoms with van der Waals surface area (Å²) < 4.78 is 5.97. The predicted molar refractivity (Wildman–Crippen MR) is 136 cm³/mol. The maximum Gasteiger partial charge on any atom is 0.309 e. The first kappa shape index (κ1) is 25.6. The van der Waals surface area contributed by atoms with Crippen molar-refractivity contribution in [3.63, 3.8) is 0 Å². The van der Waals surface area contributed by atoms with Gasteiger partial charge in [-0.2, -0.15) is 0 Å². The highest BCUT2D eigenvalue weighted by atomic mass is 16.5. The van der Waals surface area contributed by atoms with E-state index < -0.39 is 6.04 Å². The molecule has 0 aromatic heterocycles. The summed E-state index contributed by atoms with van der Waals surface area (Å²) in [6.45, 7) is 3.23. The number of piperidine rings is 2. The molecule has 4 bridgehead atoms. The van der Waals surface area contributed by atoms with E-state index in [1.807, 2.05) is 4.90 Å². The van der Waals surface area contributed by atoms with E-state index >= 15 is 0 Å². The van der Waals surface area contributed by atoms with Crippen LogP contribution in [0.2, 0.25) is 0 Å². The van der Waals surface area contributed by atoms with Gasteiger partial charge in [-0.15, -0.1) is 6.42 Å². The lowest BCUT2D eigenvalue weighted by atomic mass is 9.55. The highest BCUT2D eigenvalue weighted by Gasteiger charge is 2.50. The van der Waals surface area contributed by atoms with Crippen molar-refractivity contribution in [3.05, 3.63) is 0 Å². The van der Waals surface area contributed by atoms with Gasteiger partial charge in [-0.1, -0.05) is 5.92 Å². The SMILES string of the molecule is C#C[C@H](CC(=O)OC1C2CC3CC(C2)CC1C3)NC(=O)[C@@H]1CCCN(C(=O)CCC2CCNCC2)C1. The van der Waals surface area contributed by atoms with Gasteiger partial charge in [0.15, 0.2) is 0 Å². The zero-order valence-electron chi connectivity index (χ0n) is 21.6. The van der Waals surface area contributed by atoms with Crippen molar-refractivity contribution < 1.29 is 19.1 Å². The smallest absolute Gasteiger partial charge is 0.309 e. The second-order valence-corrected chi connectivity index (χ2v) is 12.2. The molecule has 7 nitrogen and oxygen atoms in total. The standard InChI is InChI=1S/C29H43N3O4/c1-2-25(17-27(34)36-28-23-13-20-12-21(15-23)16-24(28)14-20)31-29(35)22-4-3-11-32(18-22)26(33)6-5-19-7-9-30-10-8-19/h1,19-25,28,30H,3-18H2,(H,31,35)/t20?,21?,22-,23?,24?,25-,28?/m1/s1. The third-order valence-electron chi connectivity index (χ3n) is 9.67. The number of rotatable bonds is 8. The third kappa shape index (κ3) is 6.07. The van der Waals surface area contributed by atoms with Crippen LogP contribution in [0.3, 0.4) is 0 Å². The van der Waals surface area contributed by atoms with Crippen LogP contribution in [0.5, 0.6) is 0 Å². The Labute approximate surface area is 215 Å². The quantitative estimate of drug-likeness (QED) is 0.398. The first-order valence-corrected chi connectivity index (χ1v) is 14.4. The summed E-state index contributed by atoms with van der Waals surface area (Å²) >= 11 is 0. The molecule has 2 aliphatic heterocycles. The molecule has 4 saturated carbocycles. The zero-order valence-corrected chi connectivity index (χ0v) is 21.6. The van der Waals surface area contributed by atoms with Gasteiger partial charge in [0.25, 0.3) is 0 Å². The number of ether oxygens (including phenoxy) is 1. The lowest BCUT2D eigenvalue weighted by Crippen LogP contribution is -2.50. The van der Waals surface area contributed by atoms with E-state index in [1.54, 1.807) is 0 Å². The van der Waals surface area contributed by atoms with Crippen LogP contribution in [0.15, 0.2) is 0 Å². The molecule has 2 heterocycles. The molecule has 4 aliphatic carbocycles. The van der Waals surface area contributed by atoms with Gasteiger partial charge in [-0.05, 0) is 107 Å². The van der Waals surface area contributed by atoms with Crippen LogP contribution in [0.4, 0.5) is 0 Å². The Morgan fingerprint density at radius 3 is 2.39 bits per heavy atom. The molecular weight excluding hydrogens is 454 g/mol. The summed E-state index contributed by atoms with van der Waals surface area (Å²) in [5, 5.41) is 6.26. The fourth-order valence-corrected chi connectivity index (χ4v) is 7.95. The molecule has 0 aromatic carbocycles. The Kier molecular flexibility index (Phi) is 8.20. The fourth-order valence-electron chi connectivity index (χ4n) is 7.95. The molecule has 2 amide bonds. The van der Waals surface area contributed by atoms with E-state index in [-0.39, 0.29) is 36.2 Å². The zero-order chi connectivity index (χ0) is 25.1. The predicted octanol–water partition coefficient (Wildman–Crippen LogP) is 2.88. The molecule has 2 saturated heterocycles. The second-order valence-electron chi connectivity index (χ2n) is 12.2. The minimum atomic E-state index is -0.673. The van der Waals surface area contributed by atoms with Crippen molar-refractivity contribution in [2.75, 3.05) is 26.2 Å². The van der Waals surface area contributed by atoms with Crippen molar-refractivity contribution >= 4 is 17.8 Å². The molecule has 6 rings (SSSR count). The van der Waals surface area contributed by atoms with E-state index in [4.69, 9.17) is 11.2 Å². The maximum absolute atomic E-state index is 13.0. The van der Waals surface area contributed by atoms with Crippen LogP contribution in [-0.2, 0) is 19.1 Å². The summed E-state index contributed by atoms with van der Waals surface area (Å²) in [6.07, 6.45) is 17.2. The topological polar surface area (TPSA) is 87.7 Å². The number of nitrogens with one attached hydrogen (secondary N) is 2. The van der Waals surface area contributed by atoms with Crippen LogP contribution >= 0.6 is 0 Å². The van der Waals surface area contributed by atoms with Gasteiger partial charge < -0.3 is 20.3 Å². The minimum absolute atomic E-state index is 0.0106. The molecule has 36 heavy (non-hydrogen) atoms. The molecule has 0 radical (unpaired) electrons. The first-order chi connectivity index (χ1) is 17.5. The molecule has 198 valence electrons. The molecule has 2 N–H and O–H groups in total. The number of likely N-dealkylation sites (tertiary alicyclic amines) is 1. The average molecular weight is 498 g/mol. The number of carbonyl (C=O) groups excluding carboxylic acids is 3. The largest absolute Gasteiger partial charge is 0.462 e. The highest BCUT2D eigenvalue weighted by molar-refractivity contribution is 5.82. The van der Waals surface area contributed by atoms with Crippen LogP contribution in [0.1, 0.15) is 77.0 Å². The summed E-state index contributed by atoms with van der Waals surface area (Å²) in [7, 11) is 0. The molecule has 6 fully saturated rings. The number of amides is 2. The highest BCUT2D eigenvalue weighted by Crippen LogP contribution is 2.54. The molecule has 2 atom stereocenters. The van der Waals surface area contributed by atoms with Crippen LogP contribution in [0, 0.1) is 47.9 Å². The van der Waals surface area contributed by atoms with Gasteiger partial charge in [0.05, 0.1) is 12.3 Å². The molecule has 0 unspecified atom stereocenters. The molecule has 7 heteroatoms. The lowest BCUT2D eigenvalue weighted by molar-refractivity contribution is -0.171. The van der Waals surface area contributed by atoms with Crippen LogP contribution in [-0.4, -0.2) is 61.0 Å². The molecule has 0 spiro atoms. The molecule has 0 aromatic rings. The maximum atomic E-state index is 13.0. The van der Waals surface area contributed by atoms with Gasteiger partial charge in [-0.25, -0.2) is 0 Å². The van der Waals surface area contributed by atoms with E-state index in [0.29, 0.717) is 37.3 Å². The Hall–Kier alpha value is -2.07. The molecular formula is C29H43N3O4. The second kappa shape index (κ2) is 11.5.